The molecule has 0 amide bonds. The lowest BCUT2D eigenvalue weighted by molar-refractivity contribution is 1.12. The highest BCUT2D eigenvalue weighted by atomic mass is 79.9. The van der Waals surface area contributed by atoms with Gasteiger partial charge in [0.05, 0.1) is 4.83 Å². The summed E-state index contributed by atoms with van der Waals surface area (Å²) in [5.41, 5.74) is 4.73. The van der Waals surface area contributed by atoms with Crippen molar-refractivity contribution >= 4 is 59.4 Å². The number of rotatable bonds is 2. The maximum Gasteiger partial charge on any atom is 0.0658 e. The zero-order chi connectivity index (χ0) is 14.2. The van der Waals surface area contributed by atoms with Crippen molar-refractivity contribution in [1.29, 1.82) is 0 Å². The average molecular weight is 467 g/mol. The molecule has 0 fully saturated rings. The molecule has 0 aliphatic carbocycles. The van der Waals surface area contributed by atoms with Crippen LogP contribution in [-0.4, -0.2) is 0 Å². The van der Waals surface area contributed by atoms with E-state index in [1.807, 2.05) is 19.1 Å². The summed E-state index contributed by atoms with van der Waals surface area (Å²) in [6.07, 6.45) is 0. The van der Waals surface area contributed by atoms with Gasteiger partial charge in [-0.1, -0.05) is 71.5 Å². The van der Waals surface area contributed by atoms with E-state index in [1.54, 1.807) is 0 Å². The average Bonchev–Trinajstić information content (AvgIpc) is 2.33. The molecule has 0 saturated heterocycles. The van der Waals surface area contributed by atoms with E-state index in [-0.39, 0.29) is 4.83 Å². The molecule has 0 aliphatic heterocycles. The Morgan fingerprint density at radius 3 is 2.26 bits per heavy atom. The van der Waals surface area contributed by atoms with Crippen LogP contribution in [0.2, 0.25) is 5.02 Å². The van der Waals surface area contributed by atoms with Crippen LogP contribution in [0.4, 0.5) is 0 Å². The van der Waals surface area contributed by atoms with Gasteiger partial charge in [-0.3, -0.25) is 0 Å². The molecule has 2 aromatic rings. The third-order valence-corrected chi connectivity index (χ3v) is 5.63. The molecule has 0 spiro atoms. The van der Waals surface area contributed by atoms with Crippen LogP contribution in [0.3, 0.4) is 0 Å². The van der Waals surface area contributed by atoms with E-state index in [4.69, 9.17) is 11.6 Å². The second-order valence-corrected chi connectivity index (χ2v) is 7.58. The SMILES string of the molecule is Cc1cc(C(Br)c2ccc(Br)cc2Br)c(C)cc1Cl. The predicted octanol–water partition coefficient (Wildman–Crippen LogP) is 6.97. The fourth-order valence-corrected chi connectivity index (χ4v) is 4.64. The van der Waals surface area contributed by atoms with Crippen LogP contribution < -0.4 is 0 Å². The van der Waals surface area contributed by atoms with Crippen molar-refractivity contribution < 1.29 is 0 Å². The summed E-state index contributed by atoms with van der Waals surface area (Å²) in [4.78, 5) is 0.144. The van der Waals surface area contributed by atoms with Gasteiger partial charge < -0.3 is 0 Å². The first-order valence-electron chi connectivity index (χ1n) is 5.76. The molecule has 0 bridgehead atoms. The van der Waals surface area contributed by atoms with Gasteiger partial charge in [0.15, 0.2) is 0 Å². The number of hydrogen-bond donors (Lipinski definition) is 0. The Morgan fingerprint density at radius 1 is 0.947 bits per heavy atom. The van der Waals surface area contributed by atoms with Crippen LogP contribution in [0.5, 0.6) is 0 Å². The Morgan fingerprint density at radius 2 is 1.63 bits per heavy atom. The molecule has 0 aromatic heterocycles. The minimum Gasteiger partial charge on any atom is -0.0840 e. The van der Waals surface area contributed by atoms with Crippen LogP contribution in [0.25, 0.3) is 0 Å². The first-order chi connectivity index (χ1) is 8.90. The quantitative estimate of drug-likeness (QED) is 0.419. The minimum atomic E-state index is 0.144. The van der Waals surface area contributed by atoms with Crippen LogP contribution in [0.15, 0.2) is 39.3 Å². The molecule has 0 saturated carbocycles. The third kappa shape index (κ3) is 3.44. The van der Waals surface area contributed by atoms with Crippen molar-refractivity contribution in [3.63, 3.8) is 0 Å². The Hall–Kier alpha value is 0.170. The summed E-state index contributed by atoms with van der Waals surface area (Å²) in [5.74, 6) is 0. The number of halogens is 4. The Balaban J connectivity index is 2.49. The van der Waals surface area contributed by atoms with Crippen molar-refractivity contribution in [1.82, 2.24) is 0 Å². The van der Waals surface area contributed by atoms with Gasteiger partial charge in [-0.15, -0.1) is 0 Å². The summed E-state index contributed by atoms with van der Waals surface area (Å²) in [6.45, 7) is 4.11. The highest BCUT2D eigenvalue weighted by molar-refractivity contribution is 9.11. The van der Waals surface area contributed by atoms with Crippen molar-refractivity contribution in [2.75, 3.05) is 0 Å². The second kappa shape index (κ2) is 6.30. The van der Waals surface area contributed by atoms with E-state index >= 15 is 0 Å². The zero-order valence-electron chi connectivity index (χ0n) is 10.5. The zero-order valence-corrected chi connectivity index (χ0v) is 16.0. The van der Waals surface area contributed by atoms with E-state index in [0.717, 1.165) is 19.5 Å². The van der Waals surface area contributed by atoms with E-state index in [2.05, 4.69) is 72.9 Å². The van der Waals surface area contributed by atoms with Gasteiger partial charge in [0, 0.05) is 14.0 Å². The Bertz CT molecular complexity index is 623. The van der Waals surface area contributed by atoms with Gasteiger partial charge in [0.25, 0.3) is 0 Å². The lowest BCUT2D eigenvalue weighted by atomic mass is 9.98. The maximum absolute atomic E-state index is 6.16. The van der Waals surface area contributed by atoms with Crippen molar-refractivity contribution in [3.05, 3.63) is 66.6 Å². The molecule has 1 atom stereocenters. The normalized spacial score (nSPS) is 12.5. The molecule has 0 radical (unpaired) electrons. The second-order valence-electron chi connectivity index (χ2n) is 4.49. The molecule has 19 heavy (non-hydrogen) atoms. The fourth-order valence-electron chi connectivity index (χ4n) is 1.95. The third-order valence-electron chi connectivity index (χ3n) is 3.06. The van der Waals surface area contributed by atoms with Crippen molar-refractivity contribution in [2.45, 2.75) is 18.7 Å². The number of benzene rings is 2. The molecule has 0 N–H and O–H groups in total. The maximum atomic E-state index is 6.16. The molecule has 100 valence electrons. The van der Waals surface area contributed by atoms with Gasteiger partial charge in [-0.2, -0.15) is 0 Å². The Labute approximate surface area is 143 Å². The summed E-state index contributed by atoms with van der Waals surface area (Å²) >= 11 is 17.0. The topological polar surface area (TPSA) is 0 Å². The lowest BCUT2D eigenvalue weighted by Crippen LogP contribution is -1.98. The molecule has 0 aliphatic rings. The van der Waals surface area contributed by atoms with Gasteiger partial charge in [-0.05, 0) is 54.3 Å². The van der Waals surface area contributed by atoms with Crippen LogP contribution in [-0.2, 0) is 0 Å². The van der Waals surface area contributed by atoms with Crippen LogP contribution in [0.1, 0.15) is 27.1 Å². The standard InChI is InChI=1S/C15H12Br3Cl/c1-8-6-14(19)9(2)5-12(8)15(18)11-4-3-10(16)7-13(11)17/h3-7,15H,1-2H3. The first kappa shape index (κ1) is 15.6. The molecular formula is C15H12Br3Cl. The molecule has 0 nitrogen and oxygen atoms in total. The Kier molecular flexibility index (Phi) is 5.15. The fraction of sp³-hybridized carbons (Fsp3) is 0.200. The summed E-state index contributed by atoms with van der Waals surface area (Å²) < 4.78 is 2.14. The molecule has 2 rings (SSSR count). The molecule has 4 heteroatoms. The summed E-state index contributed by atoms with van der Waals surface area (Å²) in [5, 5.41) is 0.816. The molecule has 2 aromatic carbocycles. The van der Waals surface area contributed by atoms with Gasteiger partial charge >= 0.3 is 0 Å². The summed E-state index contributed by atoms with van der Waals surface area (Å²) in [7, 11) is 0. The summed E-state index contributed by atoms with van der Waals surface area (Å²) in [6, 6.07) is 10.4. The van der Waals surface area contributed by atoms with Crippen LogP contribution >= 0.6 is 59.4 Å². The molecule has 0 heterocycles. The largest absolute Gasteiger partial charge is 0.0840 e. The van der Waals surface area contributed by atoms with Gasteiger partial charge in [0.2, 0.25) is 0 Å². The van der Waals surface area contributed by atoms with E-state index in [1.165, 1.54) is 16.7 Å². The van der Waals surface area contributed by atoms with Crippen molar-refractivity contribution in [2.24, 2.45) is 0 Å². The van der Waals surface area contributed by atoms with Crippen molar-refractivity contribution in [3.8, 4) is 0 Å². The van der Waals surface area contributed by atoms with E-state index < -0.39 is 0 Å². The minimum absolute atomic E-state index is 0.144. The lowest BCUT2D eigenvalue weighted by Gasteiger charge is -2.17. The number of aryl methyl sites for hydroxylation is 2. The smallest absolute Gasteiger partial charge is 0.0658 e. The van der Waals surface area contributed by atoms with E-state index in [0.29, 0.717) is 0 Å². The highest BCUT2D eigenvalue weighted by Crippen LogP contribution is 2.39. The van der Waals surface area contributed by atoms with Crippen LogP contribution in [0, 0.1) is 13.8 Å². The monoisotopic (exact) mass is 464 g/mol. The predicted molar refractivity (Wildman–Crippen MR) is 93.5 cm³/mol. The van der Waals surface area contributed by atoms with E-state index in [9.17, 15) is 0 Å². The number of alkyl halides is 1. The van der Waals surface area contributed by atoms with Gasteiger partial charge in [-0.25, -0.2) is 0 Å². The highest BCUT2D eigenvalue weighted by Gasteiger charge is 2.16. The first-order valence-corrected chi connectivity index (χ1v) is 8.63. The molecule has 1 unspecified atom stereocenters. The van der Waals surface area contributed by atoms with Gasteiger partial charge in [0.1, 0.15) is 0 Å². The number of hydrogen-bond acceptors (Lipinski definition) is 0. The molecular weight excluding hydrogens is 455 g/mol.